The van der Waals surface area contributed by atoms with Gasteiger partial charge in [0.2, 0.25) is 11.8 Å². The molecule has 9 atom stereocenters. The number of carbonyl (C=O) groups excluding carboxylic acids is 2. The molecule has 0 radical (unpaired) electrons. The second-order valence-corrected chi connectivity index (χ2v) is 13.3. The van der Waals surface area contributed by atoms with Crippen molar-refractivity contribution < 1.29 is 28.2 Å². The fourth-order valence-electron chi connectivity index (χ4n) is 6.85. The third kappa shape index (κ3) is 5.62. The predicted molar refractivity (Wildman–Crippen MR) is 136 cm³/mol. The topological polar surface area (TPSA) is 115 Å². The van der Waals surface area contributed by atoms with Crippen molar-refractivity contribution in [3.05, 3.63) is 0 Å². The lowest BCUT2D eigenvalue weighted by Gasteiger charge is -2.45. The number of likely N-dealkylation sites (tertiary alicyclic amines) is 1. The number of hydrogen-bond acceptors (Lipinski definition) is 8. The van der Waals surface area contributed by atoms with Crippen LogP contribution < -0.4 is 21.3 Å². The van der Waals surface area contributed by atoms with Gasteiger partial charge in [-0.1, -0.05) is 0 Å². The van der Waals surface area contributed by atoms with Crippen LogP contribution in [0.25, 0.3) is 0 Å². The number of piperidine rings is 2. The highest BCUT2D eigenvalue weighted by Gasteiger charge is 2.55. The first kappa shape index (κ1) is 27.8. The summed E-state index contributed by atoms with van der Waals surface area (Å²) in [6, 6.07) is 0.331. The van der Waals surface area contributed by atoms with Gasteiger partial charge in [0.05, 0.1) is 17.5 Å². The van der Waals surface area contributed by atoms with E-state index in [2.05, 4.69) is 28.2 Å². The summed E-state index contributed by atoms with van der Waals surface area (Å²) in [7, 11) is 1.71. The molecule has 13 heteroatoms. The molecule has 4 saturated heterocycles. The molecule has 4 heterocycles. The Hall–Kier alpha value is -0.760. The Bertz CT molecular complexity index is 857. The first-order valence-electron chi connectivity index (χ1n) is 13.2. The average Bonchev–Trinajstić information content (AvgIpc) is 3.40. The Balaban J connectivity index is 1.14. The van der Waals surface area contributed by atoms with E-state index in [1.54, 1.807) is 23.8 Å². The van der Waals surface area contributed by atoms with Gasteiger partial charge in [0.1, 0.15) is 11.1 Å². The summed E-state index contributed by atoms with van der Waals surface area (Å²) in [6.07, 6.45) is -1.56. The first-order chi connectivity index (χ1) is 17.6. The van der Waals surface area contributed by atoms with Gasteiger partial charge in [-0.15, -0.1) is 23.4 Å². The van der Waals surface area contributed by atoms with Crippen molar-refractivity contribution in [2.24, 2.45) is 23.7 Å². The van der Waals surface area contributed by atoms with E-state index in [1.165, 1.54) is 0 Å². The summed E-state index contributed by atoms with van der Waals surface area (Å²) >= 11 is 8.03. The van der Waals surface area contributed by atoms with Crippen LogP contribution in [0.2, 0.25) is 0 Å². The SMILES string of the molecule is COC1CNC(Cl)CC1C1CC(C)NCC1C(=O)NC1NC2CN(C(=O)C3CC(O)(C(F)F)C3)CC2S1. The largest absolute Gasteiger partial charge is 0.384 e. The molecule has 0 aromatic rings. The van der Waals surface area contributed by atoms with E-state index in [0.717, 1.165) is 12.8 Å². The Labute approximate surface area is 225 Å². The molecule has 1 aliphatic carbocycles. The lowest BCUT2D eigenvalue weighted by molar-refractivity contribution is -0.181. The number of nitrogens with one attached hydrogen (secondary N) is 4. The molecule has 5 aliphatic rings. The van der Waals surface area contributed by atoms with Crippen molar-refractivity contribution in [2.75, 3.05) is 33.3 Å². The molecule has 5 fully saturated rings. The molecule has 0 bridgehead atoms. The van der Waals surface area contributed by atoms with Crippen molar-refractivity contribution in [1.82, 2.24) is 26.2 Å². The molecule has 0 spiro atoms. The molecule has 0 aromatic carbocycles. The van der Waals surface area contributed by atoms with Gasteiger partial charge in [-0.25, -0.2) is 8.78 Å². The predicted octanol–water partition coefficient (Wildman–Crippen LogP) is 0.512. The summed E-state index contributed by atoms with van der Waals surface area (Å²) in [5.74, 6) is -0.573. The molecule has 9 nitrogen and oxygen atoms in total. The van der Waals surface area contributed by atoms with Crippen molar-refractivity contribution in [1.29, 1.82) is 0 Å². The zero-order chi connectivity index (χ0) is 26.5. The normalized spacial score (nSPS) is 46.0. The minimum atomic E-state index is -2.83. The second-order valence-electron chi connectivity index (χ2n) is 11.5. The molecule has 9 unspecified atom stereocenters. The zero-order valence-electron chi connectivity index (χ0n) is 21.2. The molecular formula is C24H38ClF2N5O4S. The van der Waals surface area contributed by atoms with E-state index >= 15 is 0 Å². The summed E-state index contributed by atoms with van der Waals surface area (Å²) in [5, 5.41) is 23.2. The molecule has 210 valence electrons. The number of alkyl halides is 3. The maximum absolute atomic E-state index is 13.5. The van der Waals surface area contributed by atoms with Gasteiger partial charge in [0, 0.05) is 56.5 Å². The number of halogens is 3. The number of thioether (sulfide) groups is 1. The fraction of sp³-hybridized carbons (Fsp3) is 0.917. The van der Waals surface area contributed by atoms with E-state index in [9.17, 15) is 23.5 Å². The van der Waals surface area contributed by atoms with E-state index in [0.29, 0.717) is 32.2 Å². The smallest absolute Gasteiger partial charge is 0.266 e. The van der Waals surface area contributed by atoms with Crippen molar-refractivity contribution in [3.63, 3.8) is 0 Å². The quantitative estimate of drug-likeness (QED) is 0.234. The molecule has 1 saturated carbocycles. The van der Waals surface area contributed by atoms with Crippen molar-refractivity contribution in [2.45, 2.75) is 79.1 Å². The third-order valence-corrected chi connectivity index (χ3v) is 10.7. The average molecular weight is 566 g/mol. The molecular weight excluding hydrogens is 528 g/mol. The minimum Gasteiger partial charge on any atom is -0.384 e. The highest BCUT2D eigenvalue weighted by molar-refractivity contribution is 8.00. The van der Waals surface area contributed by atoms with Crippen LogP contribution in [0.15, 0.2) is 0 Å². The Kier molecular flexibility index (Phi) is 8.28. The van der Waals surface area contributed by atoms with Gasteiger partial charge in [0.25, 0.3) is 6.43 Å². The maximum Gasteiger partial charge on any atom is 0.266 e. The monoisotopic (exact) mass is 565 g/mol. The first-order valence-corrected chi connectivity index (χ1v) is 14.6. The van der Waals surface area contributed by atoms with Crippen LogP contribution in [0.1, 0.15) is 32.6 Å². The number of amides is 2. The van der Waals surface area contributed by atoms with Crippen LogP contribution in [0.3, 0.4) is 0 Å². The Morgan fingerprint density at radius 1 is 1.19 bits per heavy atom. The van der Waals surface area contributed by atoms with Gasteiger partial charge in [-0.2, -0.15) is 0 Å². The van der Waals surface area contributed by atoms with Crippen LogP contribution >= 0.6 is 23.4 Å². The highest BCUT2D eigenvalue weighted by Crippen LogP contribution is 2.44. The molecule has 37 heavy (non-hydrogen) atoms. The molecule has 0 aromatic heterocycles. The number of methoxy groups -OCH3 is 1. The summed E-state index contributed by atoms with van der Waals surface area (Å²) in [4.78, 5) is 27.9. The lowest BCUT2D eigenvalue weighted by atomic mass is 9.70. The van der Waals surface area contributed by atoms with Crippen LogP contribution in [0.4, 0.5) is 8.78 Å². The number of rotatable bonds is 6. The Morgan fingerprint density at radius 3 is 2.62 bits per heavy atom. The van der Waals surface area contributed by atoms with Gasteiger partial charge < -0.3 is 25.4 Å². The van der Waals surface area contributed by atoms with Crippen LogP contribution in [0.5, 0.6) is 0 Å². The number of hydrogen-bond donors (Lipinski definition) is 5. The summed E-state index contributed by atoms with van der Waals surface area (Å²) < 4.78 is 31.6. The van der Waals surface area contributed by atoms with Gasteiger partial charge >= 0.3 is 0 Å². The molecule has 5 N–H and O–H groups in total. The van der Waals surface area contributed by atoms with Gasteiger partial charge in [0.15, 0.2) is 0 Å². The van der Waals surface area contributed by atoms with Crippen LogP contribution in [-0.4, -0.2) is 102 Å². The fourth-order valence-corrected chi connectivity index (χ4v) is 8.55. The Morgan fingerprint density at radius 2 is 1.95 bits per heavy atom. The summed E-state index contributed by atoms with van der Waals surface area (Å²) in [5.41, 5.74) is -2.41. The van der Waals surface area contributed by atoms with E-state index in [4.69, 9.17) is 16.3 Å². The standard InChI is InChI=1S/C24H38ClF2N5O4S/c1-11-3-13(14-4-19(25)29-8-17(14)36-2)15(7-28-11)20(33)31-23-30-16-9-32(10-18(16)37-23)21(34)12-5-24(35,6-12)22(26)27/h11-19,22-23,28-30,35H,3-10H2,1-2H3,(H,31,33). The van der Waals surface area contributed by atoms with E-state index in [-0.39, 0.29) is 70.8 Å². The highest BCUT2D eigenvalue weighted by atomic mass is 35.5. The van der Waals surface area contributed by atoms with Crippen molar-refractivity contribution >= 4 is 35.2 Å². The second kappa shape index (κ2) is 11.0. The molecule has 5 rings (SSSR count). The van der Waals surface area contributed by atoms with Gasteiger partial charge in [-0.05, 0) is 44.4 Å². The zero-order valence-corrected chi connectivity index (χ0v) is 22.7. The third-order valence-electron chi connectivity index (χ3n) is 9.00. The lowest BCUT2D eigenvalue weighted by Crippen LogP contribution is -2.57. The molecule has 4 aliphatic heterocycles. The summed E-state index contributed by atoms with van der Waals surface area (Å²) in [6.45, 7) is 4.39. The number of aliphatic hydroxyl groups is 1. The van der Waals surface area contributed by atoms with E-state index < -0.39 is 17.9 Å². The minimum absolute atomic E-state index is 0.00238. The van der Waals surface area contributed by atoms with E-state index in [1.807, 2.05) is 0 Å². The maximum atomic E-state index is 13.5. The molecule has 2 amide bonds. The van der Waals surface area contributed by atoms with Crippen LogP contribution in [-0.2, 0) is 14.3 Å². The van der Waals surface area contributed by atoms with Gasteiger partial charge in [-0.3, -0.25) is 20.2 Å². The van der Waals surface area contributed by atoms with Crippen molar-refractivity contribution in [3.8, 4) is 0 Å². The number of nitrogens with zero attached hydrogens (tertiary/aromatic N) is 1. The van der Waals surface area contributed by atoms with Crippen LogP contribution in [0, 0.1) is 23.7 Å². The number of carbonyl (C=O) groups is 2. The number of fused-ring (bicyclic) bond motifs is 1. The number of ether oxygens (including phenoxy) is 1.